The predicted molar refractivity (Wildman–Crippen MR) is 60.2 cm³/mol. The van der Waals surface area contributed by atoms with Crippen molar-refractivity contribution in [1.29, 1.82) is 0 Å². The quantitative estimate of drug-likeness (QED) is 0.687. The number of aldehydes is 1. The number of ether oxygens (including phenoxy) is 1. The molecule has 1 aromatic carbocycles. The lowest BCUT2D eigenvalue weighted by atomic mass is 10.1. The van der Waals surface area contributed by atoms with Crippen LogP contribution in [0.2, 0.25) is 0 Å². The zero-order valence-corrected chi connectivity index (χ0v) is 9.95. The number of halogens is 2. The van der Waals surface area contributed by atoms with Crippen molar-refractivity contribution < 1.29 is 18.7 Å². The van der Waals surface area contributed by atoms with Crippen LogP contribution in [0, 0.1) is 5.82 Å². The Balaban J connectivity index is 2.91. The average Bonchev–Trinajstić information content (AvgIpc) is 2.30. The number of alkyl halides is 1. The van der Waals surface area contributed by atoms with Crippen LogP contribution in [0.5, 0.6) is 0 Å². The van der Waals surface area contributed by atoms with E-state index in [9.17, 15) is 14.0 Å². The van der Waals surface area contributed by atoms with Crippen LogP contribution in [0.1, 0.15) is 10.4 Å². The fourth-order valence-electron chi connectivity index (χ4n) is 1.04. The van der Waals surface area contributed by atoms with Gasteiger partial charge in [0.25, 0.3) is 0 Å². The van der Waals surface area contributed by atoms with Gasteiger partial charge in [0.1, 0.15) is 12.1 Å². The molecule has 6 heteroatoms. The Hall–Kier alpha value is -1.43. The summed E-state index contributed by atoms with van der Waals surface area (Å²) in [5.41, 5.74) is 0.476. The molecular formula is C10H9BrFNO3. The summed E-state index contributed by atoms with van der Waals surface area (Å²) in [6.07, 6.45) is -0.111. The van der Waals surface area contributed by atoms with Crippen molar-refractivity contribution in [1.82, 2.24) is 0 Å². The van der Waals surface area contributed by atoms with Crippen LogP contribution in [0.15, 0.2) is 18.2 Å². The van der Waals surface area contributed by atoms with E-state index in [2.05, 4.69) is 26.0 Å². The maximum absolute atomic E-state index is 13.4. The minimum atomic E-state index is -0.752. The van der Waals surface area contributed by atoms with Gasteiger partial charge in [0.15, 0.2) is 0 Å². The van der Waals surface area contributed by atoms with E-state index in [1.807, 2.05) is 0 Å². The zero-order chi connectivity index (χ0) is 12.1. The highest BCUT2D eigenvalue weighted by atomic mass is 79.9. The predicted octanol–water partition coefficient (Wildman–Crippen LogP) is 2.64. The number of carbonyl (C=O) groups excluding carboxylic acids is 2. The third-order valence-electron chi connectivity index (χ3n) is 1.85. The first-order valence-electron chi connectivity index (χ1n) is 4.32. The number of hydrogen-bond donors (Lipinski definition) is 1. The molecule has 86 valence electrons. The van der Waals surface area contributed by atoms with Crippen LogP contribution in [-0.2, 0) is 9.53 Å². The fraction of sp³-hybridized carbons (Fsp3) is 0.200. The Kier molecular flexibility index (Phi) is 4.42. The number of anilines is 1. The number of methoxy groups -OCH3 is 1. The van der Waals surface area contributed by atoms with Crippen LogP contribution >= 0.6 is 15.9 Å². The van der Waals surface area contributed by atoms with E-state index < -0.39 is 16.7 Å². The Morgan fingerprint density at radius 2 is 2.31 bits per heavy atom. The molecule has 0 saturated carbocycles. The van der Waals surface area contributed by atoms with Gasteiger partial charge in [0.05, 0.1) is 17.6 Å². The molecule has 1 aromatic rings. The van der Waals surface area contributed by atoms with Crippen molar-refractivity contribution in [3.05, 3.63) is 29.6 Å². The number of amides is 1. The van der Waals surface area contributed by atoms with Crippen molar-refractivity contribution in [3.63, 3.8) is 0 Å². The van der Waals surface area contributed by atoms with Crippen LogP contribution < -0.4 is 5.32 Å². The summed E-state index contributed by atoms with van der Waals surface area (Å²) in [7, 11) is 1.18. The molecule has 1 rings (SSSR count). The molecule has 0 bridgehead atoms. The molecule has 0 aromatic heterocycles. The Morgan fingerprint density at radius 1 is 1.62 bits per heavy atom. The smallest absolute Gasteiger partial charge is 0.411 e. The topological polar surface area (TPSA) is 55.4 Å². The molecule has 4 nitrogen and oxygen atoms in total. The first-order valence-corrected chi connectivity index (χ1v) is 5.24. The number of benzene rings is 1. The molecule has 0 spiro atoms. The van der Waals surface area contributed by atoms with Crippen LogP contribution in [0.3, 0.4) is 0 Å². The van der Waals surface area contributed by atoms with Gasteiger partial charge in [-0.3, -0.25) is 5.32 Å². The highest BCUT2D eigenvalue weighted by Crippen LogP contribution is 2.24. The van der Waals surface area contributed by atoms with E-state index in [0.29, 0.717) is 11.8 Å². The molecule has 1 unspecified atom stereocenters. The third kappa shape index (κ3) is 3.03. The largest absolute Gasteiger partial charge is 0.453 e. The van der Waals surface area contributed by atoms with Crippen LogP contribution in [0.4, 0.5) is 14.9 Å². The van der Waals surface area contributed by atoms with Gasteiger partial charge in [0, 0.05) is 0 Å². The summed E-state index contributed by atoms with van der Waals surface area (Å²) < 4.78 is 17.8. The summed E-state index contributed by atoms with van der Waals surface area (Å²) in [4.78, 5) is 20.7. The molecule has 0 fully saturated rings. The van der Waals surface area contributed by atoms with Gasteiger partial charge in [0.2, 0.25) is 0 Å². The van der Waals surface area contributed by atoms with Gasteiger partial charge < -0.3 is 9.53 Å². The zero-order valence-electron chi connectivity index (χ0n) is 8.37. The van der Waals surface area contributed by atoms with Crippen LogP contribution in [-0.4, -0.2) is 19.5 Å². The van der Waals surface area contributed by atoms with Gasteiger partial charge in [-0.05, 0) is 17.7 Å². The van der Waals surface area contributed by atoms with E-state index in [4.69, 9.17) is 0 Å². The standard InChI is InChI=1S/C10H9BrFNO3/c1-16-10(15)13-9-3-2-6(4-8(9)12)7(11)5-14/h2-5,7H,1H3,(H,13,15). The van der Waals surface area contributed by atoms with Gasteiger partial charge in [-0.2, -0.15) is 0 Å². The molecule has 0 saturated heterocycles. The van der Waals surface area contributed by atoms with Crippen molar-refractivity contribution >= 4 is 34.0 Å². The number of rotatable bonds is 3. The Bertz CT molecular complexity index is 411. The fourth-order valence-corrected chi connectivity index (χ4v) is 1.33. The Morgan fingerprint density at radius 3 is 2.81 bits per heavy atom. The van der Waals surface area contributed by atoms with Crippen molar-refractivity contribution in [3.8, 4) is 0 Å². The average molecular weight is 290 g/mol. The van der Waals surface area contributed by atoms with Crippen LogP contribution in [0.25, 0.3) is 0 Å². The van der Waals surface area contributed by atoms with Crippen molar-refractivity contribution in [2.45, 2.75) is 4.83 Å². The molecule has 1 atom stereocenters. The number of hydrogen-bond acceptors (Lipinski definition) is 3. The third-order valence-corrected chi connectivity index (χ3v) is 2.60. The monoisotopic (exact) mass is 289 g/mol. The SMILES string of the molecule is COC(=O)Nc1ccc(C(Br)C=O)cc1F. The first kappa shape index (κ1) is 12.6. The molecule has 0 radical (unpaired) electrons. The highest BCUT2D eigenvalue weighted by Gasteiger charge is 2.11. The van der Waals surface area contributed by atoms with Gasteiger partial charge >= 0.3 is 6.09 Å². The van der Waals surface area contributed by atoms with Crippen molar-refractivity contribution in [2.75, 3.05) is 12.4 Å². The normalized spacial score (nSPS) is 11.7. The lowest BCUT2D eigenvalue weighted by molar-refractivity contribution is -0.107. The lowest BCUT2D eigenvalue weighted by Crippen LogP contribution is -2.12. The lowest BCUT2D eigenvalue weighted by Gasteiger charge is -2.07. The van der Waals surface area contributed by atoms with E-state index in [1.54, 1.807) is 0 Å². The second-order valence-electron chi connectivity index (χ2n) is 2.89. The minimum absolute atomic E-state index is 0.00111. The molecule has 0 heterocycles. The van der Waals surface area contributed by atoms with Gasteiger partial charge in [-0.25, -0.2) is 9.18 Å². The van der Waals surface area contributed by atoms with E-state index >= 15 is 0 Å². The van der Waals surface area contributed by atoms with E-state index in [0.717, 1.165) is 0 Å². The van der Waals surface area contributed by atoms with E-state index in [-0.39, 0.29) is 5.69 Å². The maximum atomic E-state index is 13.4. The molecule has 16 heavy (non-hydrogen) atoms. The Labute approximate surface area is 99.9 Å². The maximum Gasteiger partial charge on any atom is 0.411 e. The summed E-state index contributed by atoms with van der Waals surface area (Å²) in [5, 5.41) is 2.20. The molecule has 0 aliphatic carbocycles. The first-order chi connectivity index (χ1) is 7.58. The molecule has 1 N–H and O–H groups in total. The summed E-state index contributed by atoms with van der Waals surface area (Å²) >= 11 is 3.06. The second kappa shape index (κ2) is 5.60. The molecule has 0 aliphatic heterocycles. The van der Waals surface area contributed by atoms with E-state index in [1.165, 1.54) is 25.3 Å². The van der Waals surface area contributed by atoms with Crippen molar-refractivity contribution in [2.24, 2.45) is 0 Å². The summed E-state index contributed by atoms with van der Waals surface area (Å²) in [6, 6.07) is 4.06. The highest BCUT2D eigenvalue weighted by molar-refractivity contribution is 9.09. The van der Waals surface area contributed by atoms with Gasteiger partial charge in [-0.15, -0.1) is 0 Å². The minimum Gasteiger partial charge on any atom is -0.453 e. The number of carbonyl (C=O) groups is 2. The number of nitrogens with one attached hydrogen (secondary N) is 1. The van der Waals surface area contributed by atoms with Gasteiger partial charge in [-0.1, -0.05) is 22.0 Å². The summed E-state index contributed by atoms with van der Waals surface area (Å²) in [6.45, 7) is 0. The molecule has 1 amide bonds. The molecular weight excluding hydrogens is 281 g/mol. The summed E-state index contributed by atoms with van der Waals surface area (Å²) in [5.74, 6) is -0.630. The second-order valence-corrected chi connectivity index (χ2v) is 3.88. The molecule has 0 aliphatic rings.